The molecular weight excluding hydrogens is 420 g/mol. The van der Waals surface area contributed by atoms with E-state index in [1.54, 1.807) is 6.08 Å². The first-order valence-corrected chi connectivity index (χ1v) is 9.91. The van der Waals surface area contributed by atoms with Gasteiger partial charge in [0, 0.05) is 32.3 Å². The molecule has 30 heavy (non-hydrogen) atoms. The molecule has 3 rings (SSSR count). The van der Waals surface area contributed by atoms with E-state index in [1.165, 1.54) is 21.4 Å². The van der Waals surface area contributed by atoms with Gasteiger partial charge in [-0.1, -0.05) is 49.7 Å². The first kappa shape index (κ1) is 22.2. The first-order valence-electron chi connectivity index (χ1n) is 9.54. The van der Waals surface area contributed by atoms with Gasteiger partial charge in [-0.3, -0.25) is 4.79 Å². The lowest BCUT2D eigenvalue weighted by atomic mass is 10.0. The van der Waals surface area contributed by atoms with Crippen LogP contribution in [-0.4, -0.2) is 37.0 Å². The van der Waals surface area contributed by atoms with Gasteiger partial charge in [0.2, 0.25) is 5.91 Å². The highest BCUT2D eigenvalue weighted by Gasteiger charge is 2.30. The second kappa shape index (κ2) is 9.08. The minimum Gasteiger partial charge on any atom is -0.363 e. The molecular formula is C22H21ClF4N2O. The van der Waals surface area contributed by atoms with Crippen LogP contribution in [0.25, 0.3) is 6.08 Å². The molecule has 0 atom stereocenters. The first-order chi connectivity index (χ1) is 14.2. The normalized spacial score (nSPS) is 14.8. The van der Waals surface area contributed by atoms with Gasteiger partial charge in [-0.25, -0.2) is 17.6 Å². The third-order valence-corrected chi connectivity index (χ3v) is 5.45. The lowest BCUT2D eigenvalue weighted by Gasteiger charge is -2.36. The van der Waals surface area contributed by atoms with Gasteiger partial charge in [0.05, 0.1) is 0 Å². The predicted molar refractivity (Wildman–Crippen MR) is 110 cm³/mol. The highest BCUT2D eigenvalue weighted by atomic mass is 35.5. The Labute approximate surface area is 177 Å². The zero-order valence-electron chi connectivity index (χ0n) is 16.6. The Bertz CT molecular complexity index is 939. The van der Waals surface area contributed by atoms with E-state index in [0.717, 1.165) is 5.56 Å². The van der Waals surface area contributed by atoms with Crippen LogP contribution in [0.4, 0.5) is 23.2 Å². The molecule has 0 unspecified atom stereocenters. The zero-order chi connectivity index (χ0) is 22.0. The highest BCUT2D eigenvalue weighted by molar-refractivity contribution is 6.31. The van der Waals surface area contributed by atoms with Crippen molar-refractivity contribution in [1.29, 1.82) is 0 Å². The number of hydrogen-bond donors (Lipinski definition) is 0. The Morgan fingerprint density at radius 2 is 1.47 bits per heavy atom. The summed E-state index contributed by atoms with van der Waals surface area (Å²) in [7, 11) is 0. The molecule has 2 aromatic carbocycles. The molecule has 1 aliphatic rings. The molecule has 0 N–H and O–H groups in total. The quantitative estimate of drug-likeness (QED) is 0.276. The molecule has 0 bridgehead atoms. The lowest BCUT2D eigenvalue weighted by molar-refractivity contribution is -0.126. The number of carbonyl (C=O) groups is 1. The number of nitrogens with zero attached hydrogens (tertiary/aromatic N) is 2. The molecule has 160 valence electrons. The second-order valence-electron chi connectivity index (χ2n) is 7.39. The summed E-state index contributed by atoms with van der Waals surface area (Å²) in [6.07, 6.45) is 3.13. The van der Waals surface area contributed by atoms with Gasteiger partial charge in [-0.05, 0) is 23.1 Å². The van der Waals surface area contributed by atoms with Gasteiger partial charge in [0.15, 0.2) is 23.3 Å². The summed E-state index contributed by atoms with van der Waals surface area (Å²) >= 11 is 5.26. The maximum Gasteiger partial charge on any atom is 0.246 e. The predicted octanol–water partition coefficient (Wildman–Crippen LogP) is 5.38. The van der Waals surface area contributed by atoms with Crippen molar-refractivity contribution in [3.63, 3.8) is 0 Å². The number of amides is 1. The Balaban J connectivity index is 1.65. The molecule has 0 radical (unpaired) electrons. The van der Waals surface area contributed by atoms with E-state index in [4.69, 9.17) is 11.6 Å². The number of anilines is 1. The molecule has 0 saturated carbocycles. The van der Waals surface area contributed by atoms with Crippen LogP contribution in [0.15, 0.2) is 30.3 Å². The minimum absolute atomic E-state index is 0.0248. The van der Waals surface area contributed by atoms with Crippen LogP contribution in [0.3, 0.4) is 0 Å². The van der Waals surface area contributed by atoms with E-state index in [1.807, 2.05) is 24.3 Å². The molecule has 0 aromatic heterocycles. The van der Waals surface area contributed by atoms with Crippen LogP contribution in [0.2, 0.25) is 5.02 Å². The highest BCUT2D eigenvalue weighted by Crippen LogP contribution is 2.33. The second-order valence-corrected chi connectivity index (χ2v) is 7.76. The van der Waals surface area contributed by atoms with Crippen LogP contribution in [0, 0.1) is 23.3 Å². The summed E-state index contributed by atoms with van der Waals surface area (Å²) in [6.45, 7) is 4.55. The van der Waals surface area contributed by atoms with Crippen molar-refractivity contribution in [2.75, 3.05) is 31.1 Å². The molecule has 1 saturated heterocycles. The van der Waals surface area contributed by atoms with Crippen LogP contribution >= 0.6 is 11.6 Å². The van der Waals surface area contributed by atoms with Crippen LogP contribution in [0.1, 0.15) is 30.9 Å². The monoisotopic (exact) mass is 440 g/mol. The summed E-state index contributed by atoms with van der Waals surface area (Å²) in [5, 5.41) is -1.21. The van der Waals surface area contributed by atoms with Crippen molar-refractivity contribution in [2.24, 2.45) is 0 Å². The van der Waals surface area contributed by atoms with Crippen molar-refractivity contribution in [3.8, 4) is 0 Å². The standard InChI is InChI=1S/C22H21ClF4N2O/c1-13(2)15-6-3-14(4-7-15)5-8-16(30)28-9-11-29(12-10-28)22-20(26)18(24)17(23)19(25)21(22)27/h3-8,13H,9-12H2,1-2H3/b8-5+. The number of rotatable bonds is 4. The molecule has 8 heteroatoms. The van der Waals surface area contributed by atoms with Gasteiger partial charge in [0.1, 0.15) is 10.7 Å². The lowest BCUT2D eigenvalue weighted by Crippen LogP contribution is -2.49. The van der Waals surface area contributed by atoms with E-state index in [0.29, 0.717) is 5.92 Å². The van der Waals surface area contributed by atoms with Crippen molar-refractivity contribution < 1.29 is 22.4 Å². The number of carbonyl (C=O) groups excluding carboxylic acids is 1. The molecule has 2 aromatic rings. The van der Waals surface area contributed by atoms with Crippen LogP contribution in [-0.2, 0) is 4.79 Å². The summed E-state index contributed by atoms with van der Waals surface area (Å²) in [6, 6.07) is 7.85. The molecule has 1 fully saturated rings. The van der Waals surface area contributed by atoms with Crippen molar-refractivity contribution in [1.82, 2.24) is 4.90 Å². The molecule has 3 nitrogen and oxygen atoms in total. The SMILES string of the molecule is CC(C)c1ccc(/C=C/C(=O)N2CCN(c3c(F)c(F)c(Cl)c(F)c3F)CC2)cc1. The van der Waals surface area contributed by atoms with Gasteiger partial charge >= 0.3 is 0 Å². The molecule has 0 aliphatic carbocycles. The van der Waals surface area contributed by atoms with Crippen molar-refractivity contribution in [2.45, 2.75) is 19.8 Å². The number of hydrogen-bond acceptors (Lipinski definition) is 2. The third-order valence-electron chi connectivity index (χ3n) is 5.12. The topological polar surface area (TPSA) is 23.6 Å². The van der Waals surface area contributed by atoms with Crippen molar-refractivity contribution >= 4 is 29.3 Å². The largest absolute Gasteiger partial charge is 0.363 e. The molecule has 1 aliphatic heterocycles. The summed E-state index contributed by atoms with van der Waals surface area (Å²) in [4.78, 5) is 15.1. The van der Waals surface area contributed by atoms with Gasteiger partial charge in [0.25, 0.3) is 0 Å². The molecule has 0 spiro atoms. The number of halogens is 5. The summed E-state index contributed by atoms with van der Waals surface area (Å²) in [5.41, 5.74) is 1.27. The van der Waals surface area contributed by atoms with Gasteiger partial charge in [-0.2, -0.15) is 0 Å². The molecule has 1 amide bonds. The van der Waals surface area contributed by atoms with Gasteiger partial charge < -0.3 is 9.80 Å². The Kier molecular flexibility index (Phi) is 6.71. The fourth-order valence-corrected chi connectivity index (χ4v) is 3.45. The van der Waals surface area contributed by atoms with Crippen LogP contribution < -0.4 is 4.90 Å². The summed E-state index contributed by atoms with van der Waals surface area (Å²) in [5.74, 6) is -6.17. The summed E-state index contributed by atoms with van der Waals surface area (Å²) < 4.78 is 55.7. The smallest absolute Gasteiger partial charge is 0.246 e. The van der Waals surface area contributed by atoms with Crippen LogP contribution in [0.5, 0.6) is 0 Å². The number of piperazine rings is 1. The fourth-order valence-electron chi connectivity index (χ4n) is 3.29. The van der Waals surface area contributed by atoms with Gasteiger partial charge in [-0.15, -0.1) is 0 Å². The maximum atomic E-state index is 14.1. The van der Waals surface area contributed by atoms with Crippen molar-refractivity contribution in [3.05, 3.63) is 69.8 Å². The average Bonchev–Trinajstić information content (AvgIpc) is 2.75. The average molecular weight is 441 g/mol. The van der Waals surface area contributed by atoms with E-state index < -0.39 is 34.0 Å². The maximum absolute atomic E-state index is 14.1. The Morgan fingerprint density at radius 1 is 0.933 bits per heavy atom. The number of benzene rings is 2. The zero-order valence-corrected chi connectivity index (χ0v) is 17.3. The van der Waals surface area contributed by atoms with E-state index in [-0.39, 0.29) is 32.1 Å². The third kappa shape index (κ3) is 4.46. The van der Waals surface area contributed by atoms with E-state index >= 15 is 0 Å². The Morgan fingerprint density at radius 3 is 1.97 bits per heavy atom. The molecule has 1 heterocycles. The Hall–Kier alpha value is -2.54. The minimum atomic E-state index is -1.63. The fraction of sp³-hybridized carbons (Fsp3) is 0.318. The van der Waals surface area contributed by atoms with E-state index in [9.17, 15) is 22.4 Å². The van der Waals surface area contributed by atoms with E-state index in [2.05, 4.69) is 13.8 Å².